The minimum Gasteiger partial charge on any atom is -0.481 e. The Kier molecular flexibility index (Phi) is 4.05. The van der Waals surface area contributed by atoms with E-state index in [9.17, 15) is 22.8 Å². The average molecular weight is 341 g/mol. The summed E-state index contributed by atoms with van der Waals surface area (Å²) in [5.41, 5.74) is -1.30. The summed E-state index contributed by atoms with van der Waals surface area (Å²) in [5, 5.41) is 8.97. The second kappa shape index (κ2) is 5.79. The van der Waals surface area contributed by atoms with Crippen molar-refractivity contribution in [3.8, 4) is 0 Å². The van der Waals surface area contributed by atoms with Crippen molar-refractivity contribution in [1.82, 2.24) is 4.90 Å². The number of amides is 1. The van der Waals surface area contributed by atoms with Crippen molar-refractivity contribution in [2.75, 3.05) is 6.54 Å². The zero-order valence-electron chi connectivity index (χ0n) is 13.0. The summed E-state index contributed by atoms with van der Waals surface area (Å²) in [7, 11) is 0. The second-order valence-corrected chi connectivity index (χ2v) is 6.55. The van der Waals surface area contributed by atoms with Gasteiger partial charge in [0, 0.05) is 12.6 Å². The Morgan fingerprint density at radius 1 is 1.29 bits per heavy atom. The number of alkyl halides is 3. The molecule has 1 heterocycles. The highest BCUT2D eigenvalue weighted by atomic mass is 19.4. The zero-order chi connectivity index (χ0) is 17.5. The van der Waals surface area contributed by atoms with Crippen LogP contribution in [-0.2, 0) is 21.2 Å². The van der Waals surface area contributed by atoms with Crippen LogP contribution in [0.2, 0.25) is 0 Å². The number of likely N-dealkylation sites (tertiary alicyclic amines) is 1. The molecule has 24 heavy (non-hydrogen) atoms. The molecule has 1 amide bonds. The summed E-state index contributed by atoms with van der Waals surface area (Å²) in [5.74, 6) is -1.20. The molecule has 0 bridgehead atoms. The van der Waals surface area contributed by atoms with Gasteiger partial charge >= 0.3 is 12.1 Å². The maximum atomic E-state index is 12.9. The molecule has 0 radical (unpaired) electrons. The van der Waals surface area contributed by atoms with E-state index in [0.717, 1.165) is 18.6 Å². The van der Waals surface area contributed by atoms with Gasteiger partial charge < -0.3 is 10.0 Å². The number of hydrogen-bond donors (Lipinski definition) is 1. The van der Waals surface area contributed by atoms with Gasteiger partial charge in [0.1, 0.15) is 0 Å². The van der Waals surface area contributed by atoms with Gasteiger partial charge in [0.05, 0.1) is 17.4 Å². The van der Waals surface area contributed by atoms with Crippen LogP contribution < -0.4 is 0 Å². The monoisotopic (exact) mass is 341 g/mol. The predicted molar refractivity (Wildman–Crippen MR) is 79.3 cm³/mol. The normalized spacial score (nSPS) is 22.5. The highest BCUT2D eigenvalue weighted by molar-refractivity contribution is 5.92. The highest BCUT2D eigenvalue weighted by Crippen LogP contribution is 2.51. The third-order valence-corrected chi connectivity index (χ3v) is 4.95. The number of carbonyl (C=O) groups is 2. The molecule has 0 aromatic heterocycles. The Morgan fingerprint density at radius 3 is 2.58 bits per heavy atom. The van der Waals surface area contributed by atoms with Gasteiger partial charge in [-0.1, -0.05) is 18.2 Å². The van der Waals surface area contributed by atoms with Crippen LogP contribution in [0.1, 0.15) is 43.2 Å². The average Bonchev–Trinajstić information content (AvgIpc) is 3.20. The molecule has 130 valence electrons. The summed E-state index contributed by atoms with van der Waals surface area (Å²) in [6.45, 7) is 0.470. The van der Waals surface area contributed by atoms with E-state index in [2.05, 4.69) is 0 Å². The summed E-state index contributed by atoms with van der Waals surface area (Å²) in [6, 6.07) is 4.56. The molecule has 1 saturated carbocycles. The first kappa shape index (κ1) is 16.8. The number of benzene rings is 1. The SMILES string of the molecule is O=C(O)CC1CCCN1C(=O)C1(c2cccc(C(F)(F)F)c2)CC1. The zero-order valence-corrected chi connectivity index (χ0v) is 13.0. The highest BCUT2D eigenvalue weighted by Gasteiger charge is 2.54. The molecule has 1 N–H and O–H groups in total. The van der Waals surface area contributed by atoms with Crippen LogP contribution in [0.4, 0.5) is 13.2 Å². The number of nitrogens with zero attached hydrogens (tertiary/aromatic N) is 1. The van der Waals surface area contributed by atoms with Crippen molar-refractivity contribution < 1.29 is 27.9 Å². The number of carbonyl (C=O) groups excluding carboxylic acids is 1. The lowest BCUT2D eigenvalue weighted by Gasteiger charge is -2.28. The summed E-state index contributed by atoms with van der Waals surface area (Å²) >= 11 is 0. The third kappa shape index (κ3) is 2.99. The Bertz CT molecular complexity index is 667. The first-order chi connectivity index (χ1) is 11.2. The topological polar surface area (TPSA) is 57.6 Å². The molecule has 3 rings (SSSR count). The van der Waals surface area contributed by atoms with Crippen molar-refractivity contribution >= 4 is 11.9 Å². The number of carboxylic acids is 1. The molecule has 1 atom stereocenters. The smallest absolute Gasteiger partial charge is 0.416 e. The van der Waals surface area contributed by atoms with Crippen molar-refractivity contribution in [3.63, 3.8) is 0 Å². The molecular weight excluding hydrogens is 323 g/mol. The minimum atomic E-state index is -4.45. The van der Waals surface area contributed by atoms with E-state index in [1.807, 2.05) is 0 Å². The molecule has 1 aromatic rings. The van der Waals surface area contributed by atoms with Crippen LogP contribution >= 0.6 is 0 Å². The number of aliphatic carboxylic acids is 1. The van der Waals surface area contributed by atoms with Crippen molar-refractivity contribution in [2.24, 2.45) is 0 Å². The molecule has 7 heteroatoms. The van der Waals surface area contributed by atoms with Gasteiger partial charge in [-0.2, -0.15) is 13.2 Å². The Labute approximate surface area is 137 Å². The standard InChI is InChI=1S/C17H18F3NO3/c18-17(19,20)12-4-1-3-11(9-12)16(6-7-16)15(24)21-8-2-5-13(21)10-14(22)23/h1,3-4,9,13H,2,5-8,10H2,(H,22,23). The van der Waals surface area contributed by atoms with E-state index in [0.29, 0.717) is 31.4 Å². The fourth-order valence-electron chi connectivity index (χ4n) is 3.54. The molecule has 2 aliphatic rings. The van der Waals surface area contributed by atoms with E-state index in [1.54, 1.807) is 11.0 Å². The molecule has 1 saturated heterocycles. The largest absolute Gasteiger partial charge is 0.481 e. The first-order valence-corrected chi connectivity index (χ1v) is 7.95. The number of carboxylic acid groups (broad SMARTS) is 1. The summed E-state index contributed by atoms with van der Waals surface area (Å²) < 4.78 is 38.8. The predicted octanol–water partition coefficient (Wildman–Crippen LogP) is 3.20. The number of rotatable bonds is 4. The van der Waals surface area contributed by atoms with Gasteiger partial charge in [0.25, 0.3) is 0 Å². The molecule has 4 nitrogen and oxygen atoms in total. The van der Waals surface area contributed by atoms with Gasteiger partial charge in [-0.3, -0.25) is 9.59 Å². The van der Waals surface area contributed by atoms with Crippen LogP contribution in [0.15, 0.2) is 24.3 Å². The second-order valence-electron chi connectivity index (χ2n) is 6.55. The lowest BCUT2D eigenvalue weighted by atomic mass is 9.92. The molecule has 2 fully saturated rings. The van der Waals surface area contributed by atoms with Gasteiger partial charge in [-0.15, -0.1) is 0 Å². The molecule has 1 unspecified atom stereocenters. The Morgan fingerprint density at radius 2 is 2.00 bits per heavy atom. The lowest BCUT2D eigenvalue weighted by Crippen LogP contribution is -2.43. The van der Waals surface area contributed by atoms with Gasteiger partial charge in [0.2, 0.25) is 5.91 Å². The van der Waals surface area contributed by atoms with Crippen LogP contribution in [0.25, 0.3) is 0 Å². The number of halogens is 3. The van der Waals surface area contributed by atoms with Gasteiger partial charge in [-0.05, 0) is 37.3 Å². The van der Waals surface area contributed by atoms with E-state index in [-0.39, 0.29) is 18.4 Å². The summed E-state index contributed by atoms with van der Waals surface area (Å²) in [4.78, 5) is 25.4. The van der Waals surface area contributed by atoms with Crippen molar-refractivity contribution in [2.45, 2.75) is 49.7 Å². The fraction of sp³-hybridized carbons (Fsp3) is 0.529. The maximum absolute atomic E-state index is 12.9. The summed E-state index contributed by atoms with van der Waals surface area (Å²) in [6.07, 6.45) is -2.22. The van der Waals surface area contributed by atoms with Crippen LogP contribution in [0, 0.1) is 0 Å². The quantitative estimate of drug-likeness (QED) is 0.915. The third-order valence-electron chi connectivity index (χ3n) is 4.95. The maximum Gasteiger partial charge on any atom is 0.416 e. The molecule has 0 spiro atoms. The fourth-order valence-corrected chi connectivity index (χ4v) is 3.54. The van der Waals surface area contributed by atoms with Crippen LogP contribution in [-0.4, -0.2) is 34.5 Å². The minimum absolute atomic E-state index is 0.121. The van der Waals surface area contributed by atoms with Gasteiger partial charge in [-0.25, -0.2) is 0 Å². The molecular formula is C17H18F3NO3. The van der Waals surface area contributed by atoms with E-state index >= 15 is 0 Å². The van der Waals surface area contributed by atoms with E-state index in [1.165, 1.54) is 6.07 Å². The number of hydrogen-bond acceptors (Lipinski definition) is 2. The van der Waals surface area contributed by atoms with Crippen molar-refractivity contribution in [3.05, 3.63) is 35.4 Å². The Balaban J connectivity index is 1.86. The van der Waals surface area contributed by atoms with E-state index in [4.69, 9.17) is 5.11 Å². The molecule has 1 aliphatic heterocycles. The van der Waals surface area contributed by atoms with E-state index < -0.39 is 23.1 Å². The van der Waals surface area contributed by atoms with Crippen LogP contribution in [0.3, 0.4) is 0 Å². The Hall–Kier alpha value is -2.05. The van der Waals surface area contributed by atoms with Crippen LogP contribution in [0.5, 0.6) is 0 Å². The molecule has 1 aliphatic carbocycles. The first-order valence-electron chi connectivity index (χ1n) is 7.95. The lowest BCUT2D eigenvalue weighted by molar-refractivity contribution is -0.141. The van der Waals surface area contributed by atoms with Gasteiger partial charge in [0.15, 0.2) is 0 Å². The van der Waals surface area contributed by atoms with Crippen molar-refractivity contribution in [1.29, 1.82) is 0 Å². The molecule has 1 aromatic carbocycles.